The third-order valence-corrected chi connectivity index (χ3v) is 2.91. The van der Waals surface area contributed by atoms with E-state index in [4.69, 9.17) is 5.11 Å². The summed E-state index contributed by atoms with van der Waals surface area (Å²) in [6.07, 6.45) is 3.05. The van der Waals surface area contributed by atoms with Crippen LogP contribution >= 0.6 is 0 Å². The molecule has 2 heterocycles. The molecule has 0 aliphatic carbocycles. The summed E-state index contributed by atoms with van der Waals surface area (Å²) >= 11 is 0. The van der Waals surface area contributed by atoms with E-state index in [1.807, 2.05) is 18.2 Å². The van der Waals surface area contributed by atoms with Crippen molar-refractivity contribution in [3.63, 3.8) is 0 Å². The minimum absolute atomic E-state index is 0.306. The van der Waals surface area contributed by atoms with Gasteiger partial charge in [0.05, 0.1) is 6.42 Å². The summed E-state index contributed by atoms with van der Waals surface area (Å²) in [4.78, 5) is 17.0. The van der Waals surface area contributed by atoms with Gasteiger partial charge in [0.15, 0.2) is 0 Å². The van der Waals surface area contributed by atoms with E-state index in [0.29, 0.717) is 12.3 Å². The highest BCUT2D eigenvalue weighted by Crippen LogP contribution is 2.18. The molecule has 0 unspecified atom stereocenters. The van der Waals surface area contributed by atoms with Gasteiger partial charge in [0.25, 0.3) is 0 Å². The lowest BCUT2D eigenvalue weighted by Gasteiger charge is -2.38. The second kappa shape index (κ2) is 5.07. The van der Waals surface area contributed by atoms with Crippen molar-refractivity contribution in [3.8, 4) is 0 Å². The maximum Gasteiger partial charge on any atom is 0.303 e. The van der Waals surface area contributed by atoms with Crippen LogP contribution in [-0.4, -0.2) is 40.6 Å². The lowest BCUT2D eigenvalue weighted by Crippen LogP contribution is -2.48. The smallest absolute Gasteiger partial charge is 0.303 e. The Bertz CT molecular complexity index is 347. The van der Waals surface area contributed by atoms with Gasteiger partial charge in [-0.05, 0) is 18.1 Å². The highest BCUT2D eigenvalue weighted by atomic mass is 16.4. The average Bonchev–Trinajstić information content (AvgIpc) is 2.22. The summed E-state index contributed by atoms with van der Waals surface area (Å²) in [6, 6.07) is 5.93. The molecule has 1 aromatic rings. The number of nitrogens with zero attached hydrogens (tertiary/aromatic N) is 2. The third kappa shape index (κ3) is 3.03. The molecule has 0 aromatic carbocycles. The number of carbonyl (C=O) groups is 1. The molecule has 1 aliphatic rings. The van der Waals surface area contributed by atoms with Crippen molar-refractivity contribution < 1.29 is 9.90 Å². The first-order valence-corrected chi connectivity index (χ1v) is 5.58. The normalized spacial score (nSPS) is 17.0. The Balaban J connectivity index is 1.65. The van der Waals surface area contributed by atoms with Gasteiger partial charge in [-0.25, -0.2) is 0 Å². The average molecular weight is 220 g/mol. The number of rotatable bonds is 5. The molecule has 1 saturated heterocycles. The number of carboxylic acid groups (broad SMARTS) is 1. The molecule has 86 valence electrons. The summed E-state index contributed by atoms with van der Waals surface area (Å²) < 4.78 is 0. The lowest BCUT2D eigenvalue weighted by molar-refractivity contribution is -0.139. The van der Waals surface area contributed by atoms with Crippen molar-refractivity contribution in [3.05, 3.63) is 30.1 Å². The highest BCUT2D eigenvalue weighted by molar-refractivity contribution is 5.67. The van der Waals surface area contributed by atoms with Crippen LogP contribution in [-0.2, 0) is 11.2 Å². The van der Waals surface area contributed by atoms with Gasteiger partial charge in [0.2, 0.25) is 0 Å². The molecule has 1 N–H and O–H groups in total. The zero-order chi connectivity index (χ0) is 11.4. The van der Waals surface area contributed by atoms with Gasteiger partial charge in [-0.2, -0.15) is 0 Å². The van der Waals surface area contributed by atoms with Crippen molar-refractivity contribution in [1.82, 2.24) is 9.88 Å². The van der Waals surface area contributed by atoms with E-state index >= 15 is 0 Å². The zero-order valence-corrected chi connectivity index (χ0v) is 9.17. The number of likely N-dealkylation sites (tertiary alicyclic amines) is 1. The standard InChI is InChI=1S/C12H16N2O2/c15-12(16)7-10-8-14(9-10)6-4-11-3-1-2-5-13-11/h1-3,5,10H,4,6-9H2,(H,15,16). The first kappa shape index (κ1) is 11.1. The van der Waals surface area contributed by atoms with Gasteiger partial charge in [-0.3, -0.25) is 9.78 Å². The van der Waals surface area contributed by atoms with Gasteiger partial charge in [-0.15, -0.1) is 0 Å². The predicted octanol–water partition coefficient (Wildman–Crippen LogP) is 1.03. The molecule has 0 radical (unpaired) electrons. The highest BCUT2D eigenvalue weighted by Gasteiger charge is 2.27. The lowest BCUT2D eigenvalue weighted by atomic mass is 9.96. The van der Waals surface area contributed by atoms with Crippen LogP contribution in [0.4, 0.5) is 0 Å². The molecule has 0 amide bonds. The molecule has 2 rings (SSSR count). The second-order valence-electron chi connectivity index (χ2n) is 4.29. The van der Waals surface area contributed by atoms with Crippen molar-refractivity contribution in [2.75, 3.05) is 19.6 Å². The fourth-order valence-corrected chi connectivity index (χ4v) is 2.05. The van der Waals surface area contributed by atoms with Crippen molar-refractivity contribution in [2.24, 2.45) is 5.92 Å². The first-order chi connectivity index (χ1) is 7.74. The van der Waals surface area contributed by atoms with Crippen molar-refractivity contribution in [1.29, 1.82) is 0 Å². The SMILES string of the molecule is O=C(O)CC1CN(CCc2ccccn2)C1. The molecule has 0 saturated carbocycles. The van der Waals surface area contributed by atoms with E-state index in [0.717, 1.165) is 31.7 Å². The first-order valence-electron chi connectivity index (χ1n) is 5.58. The summed E-state index contributed by atoms with van der Waals surface area (Å²) in [7, 11) is 0. The molecule has 0 bridgehead atoms. The molecule has 1 aromatic heterocycles. The van der Waals surface area contributed by atoms with Gasteiger partial charge in [0.1, 0.15) is 0 Å². The van der Waals surface area contributed by atoms with Crippen LogP contribution in [0.25, 0.3) is 0 Å². The fourth-order valence-electron chi connectivity index (χ4n) is 2.05. The zero-order valence-electron chi connectivity index (χ0n) is 9.17. The quantitative estimate of drug-likeness (QED) is 0.805. The van der Waals surface area contributed by atoms with Crippen LogP contribution in [0, 0.1) is 5.92 Å². The monoisotopic (exact) mass is 220 g/mol. The fraction of sp³-hybridized carbons (Fsp3) is 0.500. The van der Waals surface area contributed by atoms with Gasteiger partial charge >= 0.3 is 5.97 Å². The number of pyridine rings is 1. The Kier molecular flexibility index (Phi) is 3.51. The Morgan fingerprint density at radius 2 is 2.31 bits per heavy atom. The summed E-state index contributed by atoms with van der Waals surface area (Å²) in [5.41, 5.74) is 1.10. The molecular formula is C12H16N2O2. The Morgan fingerprint density at radius 1 is 1.50 bits per heavy atom. The molecule has 0 spiro atoms. The second-order valence-corrected chi connectivity index (χ2v) is 4.29. The molecule has 1 aliphatic heterocycles. The van der Waals surface area contributed by atoms with Gasteiger partial charge < -0.3 is 10.0 Å². The van der Waals surface area contributed by atoms with Gasteiger partial charge in [0, 0.05) is 37.9 Å². The van der Waals surface area contributed by atoms with Crippen molar-refractivity contribution >= 4 is 5.97 Å². The van der Waals surface area contributed by atoms with Crippen molar-refractivity contribution in [2.45, 2.75) is 12.8 Å². The Labute approximate surface area is 94.9 Å². The van der Waals surface area contributed by atoms with E-state index < -0.39 is 5.97 Å². The molecule has 0 atom stereocenters. The number of hydrogen-bond donors (Lipinski definition) is 1. The number of carboxylic acids is 1. The molecule has 4 nitrogen and oxygen atoms in total. The van der Waals surface area contributed by atoms with Crippen LogP contribution in [0.5, 0.6) is 0 Å². The Hall–Kier alpha value is -1.42. The molecule has 16 heavy (non-hydrogen) atoms. The van der Waals surface area contributed by atoms with E-state index in [-0.39, 0.29) is 0 Å². The number of aliphatic carboxylic acids is 1. The molecule has 1 fully saturated rings. The maximum atomic E-state index is 10.5. The van der Waals surface area contributed by atoms with E-state index in [9.17, 15) is 4.79 Å². The topological polar surface area (TPSA) is 53.4 Å². The van der Waals surface area contributed by atoms with Gasteiger partial charge in [-0.1, -0.05) is 6.07 Å². The minimum Gasteiger partial charge on any atom is -0.481 e. The van der Waals surface area contributed by atoms with Crippen LogP contribution < -0.4 is 0 Å². The van der Waals surface area contributed by atoms with Crippen LogP contribution in [0.3, 0.4) is 0 Å². The number of aromatic nitrogens is 1. The van der Waals surface area contributed by atoms with E-state index in [2.05, 4.69) is 9.88 Å². The largest absolute Gasteiger partial charge is 0.481 e. The predicted molar refractivity (Wildman–Crippen MR) is 60.1 cm³/mol. The summed E-state index contributed by atoms with van der Waals surface area (Å²) in [6.45, 7) is 2.81. The van der Waals surface area contributed by atoms with E-state index in [1.54, 1.807) is 6.20 Å². The third-order valence-electron chi connectivity index (χ3n) is 2.91. The summed E-state index contributed by atoms with van der Waals surface area (Å²) in [5.74, 6) is -0.337. The minimum atomic E-state index is -0.686. The maximum absolute atomic E-state index is 10.5. The molecular weight excluding hydrogens is 204 g/mol. The number of hydrogen-bond acceptors (Lipinski definition) is 3. The molecule has 4 heteroatoms. The summed E-state index contributed by atoms with van der Waals surface area (Å²) in [5, 5.41) is 8.61. The Morgan fingerprint density at radius 3 is 2.94 bits per heavy atom. The van der Waals surface area contributed by atoms with Crippen LogP contribution in [0.1, 0.15) is 12.1 Å². The van der Waals surface area contributed by atoms with E-state index in [1.165, 1.54) is 0 Å². The van der Waals surface area contributed by atoms with Crippen LogP contribution in [0.15, 0.2) is 24.4 Å². The van der Waals surface area contributed by atoms with Crippen LogP contribution in [0.2, 0.25) is 0 Å².